The molecule has 0 aliphatic carbocycles. The highest BCUT2D eigenvalue weighted by molar-refractivity contribution is 5.37. The van der Waals surface area contributed by atoms with Gasteiger partial charge in [-0.3, -0.25) is 0 Å². The Morgan fingerprint density at radius 1 is 1.20 bits per heavy atom. The van der Waals surface area contributed by atoms with Crippen molar-refractivity contribution < 1.29 is 4.74 Å². The molecule has 0 aliphatic rings. The molecule has 1 rings (SSSR count). The SMILES string of the molecule is CCCOc1nc(N)nc(N(CC)C(C)CN(C)C)n1. The highest BCUT2D eigenvalue weighted by Gasteiger charge is 2.18. The highest BCUT2D eigenvalue weighted by Crippen LogP contribution is 2.16. The van der Waals surface area contributed by atoms with E-state index >= 15 is 0 Å². The summed E-state index contributed by atoms with van der Waals surface area (Å²) in [5, 5.41) is 0. The minimum atomic E-state index is 0.191. The number of hydrogen-bond donors (Lipinski definition) is 1. The van der Waals surface area contributed by atoms with E-state index in [4.69, 9.17) is 10.5 Å². The Hall–Kier alpha value is -1.63. The average molecular weight is 282 g/mol. The van der Waals surface area contributed by atoms with Gasteiger partial charge in [0.25, 0.3) is 0 Å². The van der Waals surface area contributed by atoms with Crippen LogP contribution in [0.25, 0.3) is 0 Å². The maximum absolute atomic E-state index is 5.75. The summed E-state index contributed by atoms with van der Waals surface area (Å²) in [7, 11) is 4.09. The van der Waals surface area contributed by atoms with Gasteiger partial charge in [0.1, 0.15) is 0 Å². The van der Waals surface area contributed by atoms with Gasteiger partial charge in [0.2, 0.25) is 11.9 Å². The number of nitrogens with two attached hydrogens (primary N) is 1. The van der Waals surface area contributed by atoms with Crippen molar-refractivity contribution in [2.75, 3.05) is 44.4 Å². The number of nitrogen functional groups attached to an aromatic ring is 1. The largest absolute Gasteiger partial charge is 0.463 e. The van der Waals surface area contributed by atoms with Gasteiger partial charge in [-0.2, -0.15) is 15.0 Å². The van der Waals surface area contributed by atoms with Gasteiger partial charge in [-0.25, -0.2) is 0 Å². The van der Waals surface area contributed by atoms with Crippen LogP contribution in [0.5, 0.6) is 6.01 Å². The molecule has 7 heteroatoms. The van der Waals surface area contributed by atoms with Gasteiger partial charge in [-0.05, 0) is 34.4 Å². The van der Waals surface area contributed by atoms with Crippen LogP contribution >= 0.6 is 0 Å². The van der Waals surface area contributed by atoms with Gasteiger partial charge in [0, 0.05) is 19.1 Å². The monoisotopic (exact) mass is 282 g/mol. The van der Waals surface area contributed by atoms with Crippen LogP contribution in [0.1, 0.15) is 27.2 Å². The Labute approximate surface area is 121 Å². The lowest BCUT2D eigenvalue weighted by atomic mass is 10.3. The second-order valence-corrected chi connectivity index (χ2v) is 5.02. The Kier molecular flexibility index (Phi) is 6.44. The van der Waals surface area contributed by atoms with Crippen LogP contribution in [-0.4, -0.2) is 59.7 Å². The van der Waals surface area contributed by atoms with Crippen LogP contribution in [-0.2, 0) is 0 Å². The van der Waals surface area contributed by atoms with Gasteiger partial charge in [0.05, 0.1) is 6.61 Å². The lowest BCUT2D eigenvalue weighted by Gasteiger charge is -2.30. The van der Waals surface area contributed by atoms with Crippen LogP contribution in [0.15, 0.2) is 0 Å². The van der Waals surface area contributed by atoms with E-state index < -0.39 is 0 Å². The molecule has 0 aromatic carbocycles. The molecule has 114 valence electrons. The number of anilines is 2. The summed E-state index contributed by atoms with van der Waals surface area (Å²) >= 11 is 0. The Bertz CT molecular complexity index is 412. The van der Waals surface area contributed by atoms with Crippen molar-refractivity contribution in [1.29, 1.82) is 0 Å². The fraction of sp³-hybridized carbons (Fsp3) is 0.769. The molecule has 0 radical (unpaired) electrons. The summed E-state index contributed by atoms with van der Waals surface area (Å²) in [6.07, 6.45) is 0.898. The number of aromatic nitrogens is 3. The highest BCUT2D eigenvalue weighted by atomic mass is 16.5. The summed E-state index contributed by atoms with van der Waals surface area (Å²) in [4.78, 5) is 16.8. The Morgan fingerprint density at radius 3 is 2.45 bits per heavy atom. The molecule has 0 fully saturated rings. The fourth-order valence-electron chi connectivity index (χ4n) is 2.02. The summed E-state index contributed by atoms with van der Waals surface area (Å²) in [6, 6.07) is 0.570. The van der Waals surface area contributed by atoms with E-state index in [1.165, 1.54) is 0 Å². The van der Waals surface area contributed by atoms with Gasteiger partial charge >= 0.3 is 6.01 Å². The second kappa shape index (κ2) is 7.84. The van der Waals surface area contributed by atoms with Crippen molar-refractivity contribution in [3.8, 4) is 6.01 Å². The van der Waals surface area contributed by atoms with Crippen molar-refractivity contribution >= 4 is 11.9 Å². The molecule has 7 nitrogen and oxygen atoms in total. The molecule has 1 aromatic rings. The molecular weight excluding hydrogens is 256 g/mol. The molecule has 0 aliphatic heterocycles. The van der Waals surface area contributed by atoms with Crippen molar-refractivity contribution in [2.45, 2.75) is 33.2 Å². The molecule has 0 saturated carbocycles. The van der Waals surface area contributed by atoms with E-state index in [1.807, 2.05) is 21.0 Å². The summed E-state index contributed by atoms with van der Waals surface area (Å²) in [5.41, 5.74) is 5.75. The van der Waals surface area contributed by atoms with Crippen LogP contribution < -0.4 is 15.4 Å². The van der Waals surface area contributed by atoms with E-state index in [-0.39, 0.29) is 12.0 Å². The Balaban J connectivity index is 2.93. The van der Waals surface area contributed by atoms with E-state index in [0.717, 1.165) is 19.5 Å². The predicted molar refractivity (Wildman–Crippen MR) is 81.1 cm³/mol. The summed E-state index contributed by atoms with van der Waals surface area (Å²) < 4.78 is 5.45. The van der Waals surface area contributed by atoms with Crippen LogP contribution in [0, 0.1) is 0 Å². The molecule has 0 saturated heterocycles. The van der Waals surface area contributed by atoms with E-state index in [2.05, 4.69) is 38.6 Å². The smallest absolute Gasteiger partial charge is 0.323 e. The maximum Gasteiger partial charge on any atom is 0.323 e. The lowest BCUT2D eigenvalue weighted by molar-refractivity contribution is 0.291. The maximum atomic E-state index is 5.75. The van der Waals surface area contributed by atoms with Gasteiger partial charge in [-0.15, -0.1) is 0 Å². The number of nitrogens with zero attached hydrogens (tertiary/aromatic N) is 5. The fourth-order valence-corrected chi connectivity index (χ4v) is 2.02. The molecule has 0 bridgehead atoms. The summed E-state index contributed by atoms with van der Waals surface area (Å²) in [5.74, 6) is 0.761. The molecule has 2 N–H and O–H groups in total. The third-order valence-corrected chi connectivity index (χ3v) is 2.81. The topological polar surface area (TPSA) is 80.4 Å². The molecule has 0 amide bonds. The van der Waals surface area contributed by atoms with Crippen molar-refractivity contribution in [3.05, 3.63) is 0 Å². The number of likely N-dealkylation sites (N-methyl/N-ethyl adjacent to an activating group) is 2. The zero-order chi connectivity index (χ0) is 15.1. The first-order valence-electron chi connectivity index (χ1n) is 7.03. The molecular formula is C13H26N6O. The van der Waals surface area contributed by atoms with Crippen molar-refractivity contribution in [3.63, 3.8) is 0 Å². The first-order valence-corrected chi connectivity index (χ1v) is 7.03. The number of hydrogen-bond acceptors (Lipinski definition) is 7. The van der Waals surface area contributed by atoms with Gasteiger partial charge in [-0.1, -0.05) is 6.92 Å². The van der Waals surface area contributed by atoms with E-state index in [9.17, 15) is 0 Å². The summed E-state index contributed by atoms with van der Waals surface area (Å²) in [6.45, 7) is 8.51. The number of rotatable bonds is 8. The normalized spacial score (nSPS) is 12.5. The minimum absolute atomic E-state index is 0.191. The van der Waals surface area contributed by atoms with Crippen molar-refractivity contribution in [2.24, 2.45) is 0 Å². The standard InChI is InChI=1S/C13H26N6O/c1-6-8-20-13-16-11(14)15-12(17-13)19(7-2)10(3)9-18(4)5/h10H,6-9H2,1-5H3,(H2,14,15,16,17). The number of ether oxygens (including phenoxy) is 1. The lowest BCUT2D eigenvalue weighted by Crippen LogP contribution is -2.41. The first-order chi connectivity index (χ1) is 9.47. The molecule has 1 atom stereocenters. The van der Waals surface area contributed by atoms with E-state index in [1.54, 1.807) is 0 Å². The third kappa shape index (κ3) is 4.80. The molecule has 1 aromatic heterocycles. The molecule has 0 spiro atoms. The van der Waals surface area contributed by atoms with Crippen molar-refractivity contribution in [1.82, 2.24) is 19.9 Å². The molecule has 1 heterocycles. The second-order valence-electron chi connectivity index (χ2n) is 5.02. The third-order valence-electron chi connectivity index (χ3n) is 2.81. The van der Waals surface area contributed by atoms with Gasteiger partial charge in [0.15, 0.2) is 0 Å². The quantitative estimate of drug-likeness (QED) is 0.762. The Morgan fingerprint density at radius 2 is 1.90 bits per heavy atom. The minimum Gasteiger partial charge on any atom is -0.463 e. The predicted octanol–water partition coefficient (Wildman–Crippen LogP) is 1.02. The zero-order valence-electron chi connectivity index (χ0n) is 13.1. The van der Waals surface area contributed by atoms with Crippen LogP contribution in [0.3, 0.4) is 0 Å². The van der Waals surface area contributed by atoms with Crippen LogP contribution in [0.2, 0.25) is 0 Å². The molecule has 1 unspecified atom stereocenters. The van der Waals surface area contributed by atoms with Gasteiger partial charge < -0.3 is 20.3 Å². The molecule has 20 heavy (non-hydrogen) atoms. The van der Waals surface area contributed by atoms with Crippen LogP contribution in [0.4, 0.5) is 11.9 Å². The zero-order valence-corrected chi connectivity index (χ0v) is 13.1. The average Bonchev–Trinajstić information content (AvgIpc) is 2.35. The first kappa shape index (κ1) is 16.4. The van der Waals surface area contributed by atoms with E-state index in [0.29, 0.717) is 18.6 Å².